The van der Waals surface area contributed by atoms with E-state index in [1.54, 1.807) is 21.3 Å². The van der Waals surface area contributed by atoms with Gasteiger partial charge < -0.3 is 18.9 Å². The number of rotatable bonds is 7. The van der Waals surface area contributed by atoms with Crippen LogP contribution in [0, 0.1) is 0 Å². The van der Waals surface area contributed by atoms with Gasteiger partial charge in [-0.2, -0.15) is 0 Å². The molecule has 0 heterocycles. The minimum absolute atomic E-state index is 0.245. The Labute approximate surface area is 142 Å². The average Bonchev–Trinajstić information content (AvgIpc) is 2.65. The van der Waals surface area contributed by atoms with Crippen molar-refractivity contribution in [2.75, 3.05) is 28.4 Å². The molecule has 0 amide bonds. The molecule has 2 rings (SSSR count). The van der Waals surface area contributed by atoms with Crippen LogP contribution in [0.1, 0.15) is 12.0 Å². The van der Waals surface area contributed by atoms with Gasteiger partial charge in [-0.05, 0) is 47.4 Å². The summed E-state index contributed by atoms with van der Waals surface area (Å²) in [6.45, 7) is 0. The summed E-state index contributed by atoms with van der Waals surface area (Å²) in [5.41, 5.74) is 2.99. The third-order valence-electron chi connectivity index (χ3n) is 3.84. The van der Waals surface area contributed by atoms with Crippen LogP contribution in [-0.2, 0) is 16.0 Å². The van der Waals surface area contributed by atoms with Gasteiger partial charge in [0.15, 0.2) is 11.5 Å². The molecule has 0 saturated heterocycles. The van der Waals surface area contributed by atoms with Crippen molar-refractivity contribution in [3.63, 3.8) is 0 Å². The van der Waals surface area contributed by atoms with E-state index in [2.05, 4.69) is 0 Å². The first-order valence-corrected chi connectivity index (χ1v) is 7.59. The van der Waals surface area contributed by atoms with Crippen LogP contribution >= 0.6 is 0 Å². The van der Waals surface area contributed by atoms with Gasteiger partial charge >= 0.3 is 5.97 Å². The Hall–Kier alpha value is -2.69. The van der Waals surface area contributed by atoms with Crippen molar-refractivity contribution in [3.8, 4) is 28.4 Å². The minimum atomic E-state index is -0.245. The largest absolute Gasteiger partial charge is 0.497 e. The molecule has 0 aromatic heterocycles. The van der Waals surface area contributed by atoms with E-state index in [1.807, 2.05) is 36.4 Å². The van der Waals surface area contributed by atoms with Gasteiger partial charge in [-0.15, -0.1) is 0 Å². The van der Waals surface area contributed by atoms with Crippen LogP contribution in [0.25, 0.3) is 11.1 Å². The van der Waals surface area contributed by atoms with Crippen LogP contribution in [0.3, 0.4) is 0 Å². The van der Waals surface area contributed by atoms with Crippen molar-refractivity contribution in [2.24, 2.45) is 0 Å². The first-order chi connectivity index (χ1) is 11.6. The summed E-state index contributed by atoms with van der Waals surface area (Å²) in [5, 5.41) is 0. The van der Waals surface area contributed by atoms with Crippen LogP contribution in [0.5, 0.6) is 17.2 Å². The number of esters is 1. The quantitative estimate of drug-likeness (QED) is 0.728. The van der Waals surface area contributed by atoms with Crippen molar-refractivity contribution >= 4 is 5.97 Å². The minimum Gasteiger partial charge on any atom is -0.497 e. The lowest BCUT2D eigenvalue weighted by Gasteiger charge is -2.15. The lowest BCUT2D eigenvalue weighted by molar-refractivity contribution is -0.140. The van der Waals surface area contributed by atoms with E-state index in [-0.39, 0.29) is 5.97 Å². The van der Waals surface area contributed by atoms with Crippen LogP contribution in [0.2, 0.25) is 0 Å². The van der Waals surface area contributed by atoms with Crippen LogP contribution in [0.4, 0.5) is 0 Å². The second-order valence-corrected chi connectivity index (χ2v) is 5.17. The molecule has 2 aromatic carbocycles. The molecule has 0 atom stereocenters. The predicted molar refractivity (Wildman–Crippen MR) is 91.9 cm³/mol. The smallest absolute Gasteiger partial charge is 0.305 e. The molecule has 0 saturated carbocycles. The highest BCUT2D eigenvalue weighted by molar-refractivity contribution is 5.74. The monoisotopic (exact) mass is 330 g/mol. The number of aryl methyl sites for hydroxylation is 1. The molecule has 0 N–H and O–H groups in total. The summed E-state index contributed by atoms with van der Waals surface area (Å²) in [7, 11) is 6.22. The second kappa shape index (κ2) is 8.24. The van der Waals surface area contributed by atoms with E-state index in [1.165, 1.54) is 7.11 Å². The first kappa shape index (κ1) is 17.7. The van der Waals surface area contributed by atoms with Crippen LogP contribution in [0.15, 0.2) is 36.4 Å². The molecule has 0 fully saturated rings. The Morgan fingerprint density at radius 2 is 1.50 bits per heavy atom. The van der Waals surface area contributed by atoms with E-state index >= 15 is 0 Å². The Balaban J connectivity index is 2.46. The summed E-state index contributed by atoms with van der Waals surface area (Å²) in [5.74, 6) is 1.82. The Morgan fingerprint density at radius 3 is 2.04 bits per heavy atom. The predicted octanol–water partition coefficient (Wildman–Crippen LogP) is 3.49. The Kier molecular flexibility index (Phi) is 6.07. The summed E-state index contributed by atoms with van der Waals surface area (Å²) < 4.78 is 20.7. The van der Waals surface area contributed by atoms with E-state index in [4.69, 9.17) is 18.9 Å². The highest BCUT2D eigenvalue weighted by Gasteiger charge is 2.14. The molecule has 2 aromatic rings. The fourth-order valence-corrected chi connectivity index (χ4v) is 2.51. The zero-order valence-electron chi connectivity index (χ0n) is 14.4. The standard InChI is InChI=1S/C19H22O5/c1-21-15-8-5-13(6-9-15)16-12-18(23-3)17(22-2)11-14(16)7-10-19(20)24-4/h5-6,8-9,11-12H,7,10H2,1-4H3. The normalized spacial score (nSPS) is 10.2. The van der Waals surface area contributed by atoms with Crippen LogP contribution in [-0.4, -0.2) is 34.4 Å². The number of hydrogen-bond acceptors (Lipinski definition) is 5. The third kappa shape index (κ3) is 3.98. The lowest BCUT2D eigenvalue weighted by Crippen LogP contribution is -2.03. The number of ether oxygens (including phenoxy) is 4. The second-order valence-electron chi connectivity index (χ2n) is 5.17. The SMILES string of the molecule is COC(=O)CCc1cc(OC)c(OC)cc1-c1ccc(OC)cc1. The van der Waals surface area contributed by atoms with Gasteiger partial charge in [0, 0.05) is 6.42 Å². The third-order valence-corrected chi connectivity index (χ3v) is 3.84. The highest BCUT2D eigenvalue weighted by Crippen LogP contribution is 2.36. The summed E-state index contributed by atoms with van der Waals surface area (Å²) in [6.07, 6.45) is 0.851. The van der Waals surface area contributed by atoms with Crippen molar-refractivity contribution < 1.29 is 23.7 Å². The Morgan fingerprint density at radius 1 is 0.875 bits per heavy atom. The zero-order valence-corrected chi connectivity index (χ0v) is 14.4. The highest BCUT2D eigenvalue weighted by atomic mass is 16.5. The summed E-state index contributed by atoms with van der Waals surface area (Å²) in [6, 6.07) is 11.6. The van der Waals surface area contributed by atoms with Crippen molar-refractivity contribution in [1.29, 1.82) is 0 Å². The fourth-order valence-electron chi connectivity index (χ4n) is 2.51. The average molecular weight is 330 g/mol. The molecule has 0 spiro atoms. The molecule has 0 aliphatic carbocycles. The molecular formula is C19H22O5. The molecule has 0 radical (unpaired) electrons. The number of hydrogen-bond donors (Lipinski definition) is 0. The molecular weight excluding hydrogens is 308 g/mol. The molecule has 24 heavy (non-hydrogen) atoms. The zero-order chi connectivity index (χ0) is 17.5. The topological polar surface area (TPSA) is 54.0 Å². The maximum atomic E-state index is 11.5. The van der Waals surface area contributed by atoms with Gasteiger partial charge in [0.1, 0.15) is 5.75 Å². The molecule has 128 valence electrons. The maximum absolute atomic E-state index is 11.5. The molecule has 5 heteroatoms. The number of carbonyl (C=O) groups excluding carboxylic acids is 1. The number of methoxy groups -OCH3 is 4. The van der Waals surface area contributed by atoms with Gasteiger partial charge in [0.2, 0.25) is 0 Å². The lowest BCUT2D eigenvalue weighted by atomic mass is 9.95. The molecule has 0 aliphatic rings. The van der Waals surface area contributed by atoms with Crippen molar-refractivity contribution in [1.82, 2.24) is 0 Å². The number of benzene rings is 2. The van der Waals surface area contributed by atoms with Crippen molar-refractivity contribution in [2.45, 2.75) is 12.8 Å². The number of carbonyl (C=O) groups is 1. The maximum Gasteiger partial charge on any atom is 0.305 e. The van der Waals surface area contributed by atoms with Gasteiger partial charge in [0.05, 0.1) is 28.4 Å². The van der Waals surface area contributed by atoms with E-state index in [9.17, 15) is 4.79 Å². The fraction of sp³-hybridized carbons (Fsp3) is 0.316. The van der Waals surface area contributed by atoms with Gasteiger partial charge in [-0.1, -0.05) is 12.1 Å². The van der Waals surface area contributed by atoms with Gasteiger partial charge in [0.25, 0.3) is 0 Å². The summed E-state index contributed by atoms with van der Waals surface area (Å²) in [4.78, 5) is 11.5. The van der Waals surface area contributed by atoms with Gasteiger partial charge in [-0.3, -0.25) is 4.79 Å². The molecule has 0 aliphatic heterocycles. The van der Waals surface area contributed by atoms with Gasteiger partial charge in [-0.25, -0.2) is 0 Å². The van der Waals surface area contributed by atoms with E-state index in [0.29, 0.717) is 24.3 Å². The summed E-state index contributed by atoms with van der Waals surface area (Å²) >= 11 is 0. The van der Waals surface area contributed by atoms with Crippen molar-refractivity contribution in [3.05, 3.63) is 42.0 Å². The van der Waals surface area contributed by atoms with E-state index in [0.717, 1.165) is 22.4 Å². The molecule has 0 unspecified atom stereocenters. The first-order valence-electron chi connectivity index (χ1n) is 7.59. The van der Waals surface area contributed by atoms with Crippen LogP contribution < -0.4 is 14.2 Å². The Bertz CT molecular complexity index is 692. The molecule has 0 bridgehead atoms. The molecule has 5 nitrogen and oxygen atoms in total. The van der Waals surface area contributed by atoms with E-state index < -0.39 is 0 Å².